The number of hydrogen-bond acceptors (Lipinski definition) is 4. The molecule has 28 heavy (non-hydrogen) atoms. The first-order valence-corrected chi connectivity index (χ1v) is 9.36. The molecule has 146 valence electrons. The van der Waals surface area contributed by atoms with Crippen LogP contribution in [-0.2, 0) is 11.2 Å². The quantitative estimate of drug-likeness (QED) is 0.631. The van der Waals surface area contributed by atoms with Crippen LogP contribution >= 0.6 is 0 Å². The lowest BCUT2D eigenvalue weighted by atomic mass is 10.1. The molecule has 0 aliphatic heterocycles. The fourth-order valence-corrected chi connectivity index (χ4v) is 2.85. The van der Waals surface area contributed by atoms with Gasteiger partial charge in [0.05, 0.1) is 24.9 Å². The number of benzene rings is 2. The molecule has 6 heteroatoms. The number of nitrogens with two attached hydrogens (primary N) is 1. The maximum Gasteiger partial charge on any atom is 0.224 e. The molecule has 0 radical (unpaired) electrons. The van der Waals surface area contributed by atoms with Crippen molar-refractivity contribution in [3.8, 4) is 22.7 Å². The molecule has 6 nitrogen and oxygen atoms in total. The summed E-state index contributed by atoms with van der Waals surface area (Å²) in [4.78, 5) is 12.5. The molecule has 1 atom stereocenters. The standard InChI is InChI=1S/C22H26N4O2/c1-16(13-23)14-24-21(27)12-18-15-26(19-6-4-3-5-7-19)25-22(18)17-8-10-20(28-2)11-9-17/h3-11,15-16H,12-14,23H2,1-2H3,(H,24,27). The predicted octanol–water partition coefficient (Wildman–Crippen LogP) is 2.80. The fourth-order valence-electron chi connectivity index (χ4n) is 2.85. The number of nitrogens with one attached hydrogen (secondary N) is 1. The molecular formula is C22H26N4O2. The molecule has 0 saturated carbocycles. The summed E-state index contributed by atoms with van der Waals surface area (Å²) in [5.74, 6) is 0.987. The van der Waals surface area contributed by atoms with Crippen molar-refractivity contribution < 1.29 is 9.53 Å². The molecule has 0 spiro atoms. The Hall–Kier alpha value is -3.12. The van der Waals surface area contributed by atoms with Gasteiger partial charge in [0.2, 0.25) is 5.91 Å². The van der Waals surface area contributed by atoms with E-state index < -0.39 is 0 Å². The molecule has 0 aliphatic rings. The number of aromatic nitrogens is 2. The van der Waals surface area contributed by atoms with Crippen LogP contribution in [0.15, 0.2) is 60.8 Å². The summed E-state index contributed by atoms with van der Waals surface area (Å²) in [5.41, 5.74) is 9.16. The summed E-state index contributed by atoms with van der Waals surface area (Å²) >= 11 is 0. The minimum Gasteiger partial charge on any atom is -0.497 e. The number of carbonyl (C=O) groups is 1. The SMILES string of the molecule is COc1ccc(-c2nn(-c3ccccc3)cc2CC(=O)NCC(C)CN)cc1. The first-order chi connectivity index (χ1) is 13.6. The van der Waals surface area contributed by atoms with Crippen LogP contribution in [0.4, 0.5) is 0 Å². The van der Waals surface area contributed by atoms with Gasteiger partial charge in [-0.25, -0.2) is 4.68 Å². The molecule has 0 bridgehead atoms. The van der Waals surface area contributed by atoms with Gasteiger partial charge in [0, 0.05) is 23.9 Å². The van der Waals surface area contributed by atoms with Gasteiger partial charge in [0.25, 0.3) is 0 Å². The lowest BCUT2D eigenvalue weighted by Crippen LogP contribution is -2.32. The fraction of sp³-hybridized carbons (Fsp3) is 0.273. The van der Waals surface area contributed by atoms with Crippen molar-refractivity contribution in [3.05, 3.63) is 66.4 Å². The first kappa shape index (κ1) is 19.6. The predicted molar refractivity (Wildman–Crippen MR) is 110 cm³/mol. The molecule has 2 aromatic carbocycles. The summed E-state index contributed by atoms with van der Waals surface area (Å²) in [5, 5.41) is 7.70. The van der Waals surface area contributed by atoms with Gasteiger partial charge in [0.1, 0.15) is 5.75 Å². The van der Waals surface area contributed by atoms with Crippen LogP contribution in [0.3, 0.4) is 0 Å². The van der Waals surface area contributed by atoms with Gasteiger partial charge >= 0.3 is 0 Å². The Labute approximate surface area is 165 Å². The molecule has 1 heterocycles. The second-order valence-electron chi connectivity index (χ2n) is 6.83. The van der Waals surface area contributed by atoms with Gasteiger partial charge in [-0.2, -0.15) is 5.10 Å². The van der Waals surface area contributed by atoms with Crippen molar-refractivity contribution >= 4 is 5.91 Å². The number of hydrogen-bond donors (Lipinski definition) is 2. The summed E-state index contributed by atoms with van der Waals surface area (Å²) in [7, 11) is 1.64. The van der Waals surface area contributed by atoms with Crippen LogP contribution in [-0.4, -0.2) is 35.9 Å². The van der Waals surface area contributed by atoms with Crippen molar-refractivity contribution in [1.29, 1.82) is 0 Å². The lowest BCUT2D eigenvalue weighted by molar-refractivity contribution is -0.120. The largest absolute Gasteiger partial charge is 0.497 e. The number of ether oxygens (including phenoxy) is 1. The first-order valence-electron chi connectivity index (χ1n) is 9.36. The van der Waals surface area contributed by atoms with E-state index >= 15 is 0 Å². The zero-order chi connectivity index (χ0) is 19.9. The molecule has 3 aromatic rings. The number of rotatable bonds is 8. The van der Waals surface area contributed by atoms with Gasteiger partial charge in [0.15, 0.2) is 0 Å². The van der Waals surface area contributed by atoms with Crippen molar-refractivity contribution in [3.63, 3.8) is 0 Å². The van der Waals surface area contributed by atoms with Gasteiger partial charge in [-0.3, -0.25) is 4.79 Å². The summed E-state index contributed by atoms with van der Waals surface area (Å²) < 4.78 is 7.05. The third-order valence-electron chi connectivity index (χ3n) is 4.58. The van der Waals surface area contributed by atoms with E-state index in [2.05, 4.69) is 5.32 Å². The van der Waals surface area contributed by atoms with Crippen molar-refractivity contribution in [2.75, 3.05) is 20.2 Å². The Morgan fingerprint density at radius 2 is 1.89 bits per heavy atom. The minimum absolute atomic E-state index is 0.0392. The van der Waals surface area contributed by atoms with Crippen LogP contribution in [0.5, 0.6) is 5.75 Å². The van der Waals surface area contributed by atoms with Crippen LogP contribution in [0.25, 0.3) is 16.9 Å². The number of nitrogens with zero attached hydrogens (tertiary/aromatic N) is 2. The Kier molecular flexibility index (Phi) is 6.45. The third kappa shape index (κ3) is 4.78. The van der Waals surface area contributed by atoms with Crippen LogP contribution in [0.1, 0.15) is 12.5 Å². The maximum atomic E-state index is 12.5. The van der Waals surface area contributed by atoms with E-state index in [-0.39, 0.29) is 18.2 Å². The lowest BCUT2D eigenvalue weighted by Gasteiger charge is -2.10. The average molecular weight is 378 g/mol. The Morgan fingerprint density at radius 3 is 2.54 bits per heavy atom. The smallest absolute Gasteiger partial charge is 0.224 e. The van der Waals surface area contributed by atoms with Gasteiger partial charge in [-0.15, -0.1) is 0 Å². The van der Waals surface area contributed by atoms with E-state index in [1.165, 1.54) is 0 Å². The zero-order valence-electron chi connectivity index (χ0n) is 16.3. The number of para-hydroxylation sites is 1. The van der Waals surface area contributed by atoms with Crippen LogP contribution in [0.2, 0.25) is 0 Å². The van der Waals surface area contributed by atoms with Gasteiger partial charge < -0.3 is 15.8 Å². The molecule has 1 amide bonds. The molecule has 3 rings (SSSR count). The molecular weight excluding hydrogens is 352 g/mol. The van der Waals surface area contributed by atoms with Crippen molar-refractivity contribution in [2.24, 2.45) is 11.7 Å². The number of methoxy groups -OCH3 is 1. The number of amides is 1. The Morgan fingerprint density at radius 1 is 1.18 bits per heavy atom. The molecule has 0 aliphatic carbocycles. The summed E-state index contributed by atoms with van der Waals surface area (Å²) in [6, 6.07) is 17.5. The Bertz CT molecular complexity index is 904. The second kappa shape index (κ2) is 9.19. The van der Waals surface area contributed by atoms with E-state index in [9.17, 15) is 4.79 Å². The highest BCUT2D eigenvalue weighted by Crippen LogP contribution is 2.26. The highest BCUT2D eigenvalue weighted by atomic mass is 16.5. The second-order valence-corrected chi connectivity index (χ2v) is 6.83. The van der Waals surface area contributed by atoms with Crippen molar-refractivity contribution in [2.45, 2.75) is 13.3 Å². The molecule has 3 N–H and O–H groups in total. The van der Waals surface area contributed by atoms with Gasteiger partial charge in [-0.05, 0) is 48.9 Å². The average Bonchev–Trinajstić information content (AvgIpc) is 3.16. The van der Waals surface area contributed by atoms with Crippen molar-refractivity contribution in [1.82, 2.24) is 15.1 Å². The molecule has 0 fully saturated rings. The van der Waals surface area contributed by atoms with Crippen LogP contribution < -0.4 is 15.8 Å². The molecule has 1 aromatic heterocycles. The zero-order valence-corrected chi connectivity index (χ0v) is 16.3. The minimum atomic E-state index is -0.0392. The van der Waals surface area contributed by atoms with Crippen LogP contribution in [0, 0.1) is 5.92 Å². The normalized spacial score (nSPS) is 11.8. The van der Waals surface area contributed by atoms with E-state index in [0.717, 1.165) is 28.3 Å². The van der Waals surface area contributed by atoms with E-state index in [1.807, 2.05) is 72.4 Å². The monoisotopic (exact) mass is 378 g/mol. The van der Waals surface area contributed by atoms with E-state index in [0.29, 0.717) is 13.1 Å². The Balaban J connectivity index is 1.89. The summed E-state index contributed by atoms with van der Waals surface area (Å²) in [6.45, 7) is 3.12. The van der Waals surface area contributed by atoms with E-state index in [1.54, 1.807) is 7.11 Å². The highest BCUT2D eigenvalue weighted by molar-refractivity contribution is 5.81. The molecule has 1 unspecified atom stereocenters. The van der Waals surface area contributed by atoms with E-state index in [4.69, 9.17) is 15.6 Å². The molecule has 0 saturated heterocycles. The van der Waals surface area contributed by atoms with Gasteiger partial charge in [-0.1, -0.05) is 25.1 Å². The maximum absolute atomic E-state index is 12.5. The summed E-state index contributed by atoms with van der Waals surface area (Å²) in [6.07, 6.45) is 2.17. The highest BCUT2D eigenvalue weighted by Gasteiger charge is 2.16. The third-order valence-corrected chi connectivity index (χ3v) is 4.58. The topological polar surface area (TPSA) is 82.2 Å². The number of carbonyl (C=O) groups excluding carboxylic acids is 1.